The maximum Gasteiger partial charge on any atom is 0.181 e. The average molecular weight is 282 g/mol. The molecule has 0 amide bonds. The van der Waals surface area contributed by atoms with Crippen molar-refractivity contribution in [2.75, 3.05) is 5.32 Å². The molecule has 0 radical (unpaired) electrons. The van der Waals surface area contributed by atoms with Gasteiger partial charge in [0.1, 0.15) is 17.3 Å². The smallest absolute Gasteiger partial charge is 0.181 e. The first-order chi connectivity index (χ1) is 10.2. The molecule has 2 heterocycles. The third-order valence-electron chi connectivity index (χ3n) is 3.25. The number of hydrogen-bond donors (Lipinski definition) is 2. The summed E-state index contributed by atoms with van der Waals surface area (Å²) in [7, 11) is 0. The number of furan rings is 1. The molecule has 108 valence electrons. The Morgan fingerprint density at radius 1 is 1.19 bits per heavy atom. The second kappa shape index (κ2) is 5.83. The molecule has 5 heteroatoms. The van der Waals surface area contributed by atoms with E-state index in [1.807, 2.05) is 43.3 Å². The van der Waals surface area contributed by atoms with Crippen molar-refractivity contribution in [2.45, 2.75) is 26.8 Å². The summed E-state index contributed by atoms with van der Waals surface area (Å²) in [5.74, 6) is 3.47. The molecular weight excluding hydrogens is 264 g/mol. The lowest BCUT2D eigenvalue weighted by Crippen LogP contribution is -1.98. The molecule has 0 atom stereocenters. The zero-order chi connectivity index (χ0) is 14.7. The van der Waals surface area contributed by atoms with Crippen LogP contribution in [0.25, 0.3) is 11.4 Å². The highest BCUT2D eigenvalue weighted by molar-refractivity contribution is 5.62. The number of nitrogens with zero attached hydrogens (tertiary/aromatic N) is 2. The predicted octanol–water partition coefficient (Wildman–Crippen LogP) is 3.55. The molecule has 0 aliphatic rings. The van der Waals surface area contributed by atoms with E-state index in [9.17, 15) is 0 Å². The maximum atomic E-state index is 5.68. The molecule has 1 aromatic carbocycles. The SMILES string of the molecule is CCc1ccc(CNc2cccc(-c3n[nH]c(C)n3)c2)o1. The third-order valence-corrected chi connectivity index (χ3v) is 3.25. The van der Waals surface area contributed by atoms with Crippen LogP contribution in [-0.4, -0.2) is 15.2 Å². The molecule has 5 nitrogen and oxygen atoms in total. The second-order valence-electron chi connectivity index (χ2n) is 4.90. The number of anilines is 1. The van der Waals surface area contributed by atoms with Crippen molar-refractivity contribution >= 4 is 5.69 Å². The Hall–Kier alpha value is -2.56. The van der Waals surface area contributed by atoms with Crippen LogP contribution in [0.3, 0.4) is 0 Å². The monoisotopic (exact) mass is 282 g/mol. The molecule has 0 aliphatic carbocycles. The van der Waals surface area contributed by atoms with Gasteiger partial charge in [0, 0.05) is 17.7 Å². The van der Waals surface area contributed by atoms with Crippen molar-refractivity contribution in [1.82, 2.24) is 15.2 Å². The molecule has 2 aromatic heterocycles. The summed E-state index contributed by atoms with van der Waals surface area (Å²) in [6.45, 7) is 4.63. The Balaban J connectivity index is 1.71. The van der Waals surface area contributed by atoms with E-state index in [4.69, 9.17) is 4.42 Å². The van der Waals surface area contributed by atoms with Gasteiger partial charge in [-0.05, 0) is 31.2 Å². The molecule has 0 bridgehead atoms. The first kappa shape index (κ1) is 13.4. The molecule has 0 unspecified atom stereocenters. The van der Waals surface area contributed by atoms with E-state index in [1.165, 1.54) is 0 Å². The van der Waals surface area contributed by atoms with E-state index >= 15 is 0 Å². The van der Waals surface area contributed by atoms with Crippen LogP contribution in [0.2, 0.25) is 0 Å². The Labute approximate surface area is 123 Å². The van der Waals surface area contributed by atoms with E-state index < -0.39 is 0 Å². The van der Waals surface area contributed by atoms with Crippen molar-refractivity contribution in [3.8, 4) is 11.4 Å². The molecule has 0 fully saturated rings. The summed E-state index contributed by atoms with van der Waals surface area (Å²) in [4.78, 5) is 4.34. The van der Waals surface area contributed by atoms with Crippen molar-refractivity contribution in [3.63, 3.8) is 0 Å². The van der Waals surface area contributed by atoms with Crippen LogP contribution in [-0.2, 0) is 13.0 Å². The number of rotatable bonds is 5. The van der Waals surface area contributed by atoms with Crippen molar-refractivity contribution in [2.24, 2.45) is 0 Å². The quantitative estimate of drug-likeness (QED) is 0.751. The fraction of sp³-hybridized carbons (Fsp3) is 0.250. The summed E-state index contributed by atoms with van der Waals surface area (Å²) in [5, 5.41) is 10.4. The first-order valence-corrected chi connectivity index (χ1v) is 7.05. The molecule has 0 spiro atoms. The minimum absolute atomic E-state index is 0.663. The van der Waals surface area contributed by atoms with Crippen LogP contribution in [0.15, 0.2) is 40.8 Å². The van der Waals surface area contributed by atoms with Gasteiger partial charge >= 0.3 is 0 Å². The fourth-order valence-corrected chi connectivity index (χ4v) is 2.14. The van der Waals surface area contributed by atoms with Gasteiger partial charge in [-0.2, -0.15) is 5.10 Å². The summed E-state index contributed by atoms with van der Waals surface area (Å²) in [6.07, 6.45) is 0.916. The molecular formula is C16H18N4O. The molecule has 0 aliphatic heterocycles. The van der Waals surface area contributed by atoms with Gasteiger partial charge in [0.05, 0.1) is 6.54 Å². The molecule has 0 saturated heterocycles. The summed E-state index contributed by atoms with van der Waals surface area (Å²) < 4.78 is 5.68. The molecule has 3 aromatic rings. The highest BCUT2D eigenvalue weighted by Crippen LogP contribution is 2.20. The number of hydrogen-bond acceptors (Lipinski definition) is 4. The summed E-state index contributed by atoms with van der Waals surface area (Å²) in [5.41, 5.74) is 2.00. The topological polar surface area (TPSA) is 66.7 Å². The van der Waals surface area contributed by atoms with E-state index in [1.54, 1.807) is 0 Å². The number of nitrogens with one attached hydrogen (secondary N) is 2. The Kier molecular flexibility index (Phi) is 3.73. The van der Waals surface area contributed by atoms with Crippen LogP contribution in [0.1, 0.15) is 24.3 Å². The number of benzene rings is 1. The largest absolute Gasteiger partial charge is 0.464 e. The zero-order valence-electron chi connectivity index (χ0n) is 12.2. The predicted molar refractivity (Wildman–Crippen MR) is 82.0 cm³/mol. The molecule has 3 rings (SSSR count). The van der Waals surface area contributed by atoms with Gasteiger partial charge < -0.3 is 9.73 Å². The first-order valence-electron chi connectivity index (χ1n) is 7.05. The molecule has 0 saturated carbocycles. The third kappa shape index (κ3) is 3.13. The Morgan fingerprint density at radius 3 is 2.76 bits per heavy atom. The van der Waals surface area contributed by atoms with Crippen LogP contribution in [0.4, 0.5) is 5.69 Å². The van der Waals surface area contributed by atoms with Gasteiger partial charge in [0.2, 0.25) is 0 Å². The lowest BCUT2D eigenvalue weighted by Gasteiger charge is -2.05. The van der Waals surface area contributed by atoms with E-state index in [0.717, 1.165) is 35.0 Å². The van der Waals surface area contributed by atoms with Crippen LogP contribution in [0.5, 0.6) is 0 Å². The van der Waals surface area contributed by atoms with Crippen LogP contribution in [0, 0.1) is 6.92 Å². The number of H-pyrrole nitrogens is 1. The van der Waals surface area contributed by atoms with Crippen LogP contribution < -0.4 is 5.32 Å². The summed E-state index contributed by atoms with van der Waals surface area (Å²) >= 11 is 0. The average Bonchev–Trinajstić information content (AvgIpc) is 3.14. The van der Waals surface area contributed by atoms with Gasteiger partial charge in [0.15, 0.2) is 5.82 Å². The normalized spacial score (nSPS) is 10.8. The van der Waals surface area contributed by atoms with Gasteiger partial charge in [-0.1, -0.05) is 19.1 Å². The second-order valence-corrected chi connectivity index (χ2v) is 4.90. The van der Waals surface area contributed by atoms with Gasteiger partial charge in [-0.15, -0.1) is 0 Å². The molecule has 2 N–H and O–H groups in total. The lowest BCUT2D eigenvalue weighted by atomic mass is 10.2. The minimum Gasteiger partial charge on any atom is -0.464 e. The van der Waals surface area contributed by atoms with E-state index in [-0.39, 0.29) is 0 Å². The maximum absolute atomic E-state index is 5.68. The Bertz CT molecular complexity index is 729. The van der Waals surface area contributed by atoms with Gasteiger partial charge in [-0.25, -0.2) is 4.98 Å². The number of aromatic nitrogens is 3. The number of aryl methyl sites for hydroxylation is 2. The van der Waals surface area contributed by atoms with E-state index in [2.05, 4.69) is 27.4 Å². The lowest BCUT2D eigenvalue weighted by molar-refractivity contribution is 0.476. The fourth-order valence-electron chi connectivity index (χ4n) is 2.14. The molecule has 21 heavy (non-hydrogen) atoms. The van der Waals surface area contributed by atoms with Crippen molar-refractivity contribution in [1.29, 1.82) is 0 Å². The van der Waals surface area contributed by atoms with E-state index in [0.29, 0.717) is 12.4 Å². The number of aromatic amines is 1. The van der Waals surface area contributed by atoms with Crippen LogP contribution >= 0.6 is 0 Å². The zero-order valence-corrected chi connectivity index (χ0v) is 12.2. The van der Waals surface area contributed by atoms with Crippen molar-refractivity contribution < 1.29 is 4.42 Å². The Morgan fingerprint density at radius 2 is 2.05 bits per heavy atom. The van der Waals surface area contributed by atoms with Gasteiger partial charge in [-0.3, -0.25) is 5.10 Å². The van der Waals surface area contributed by atoms with Gasteiger partial charge in [0.25, 0.3) is 0 Å². The summed E-state index contributed by atoms with van der Waals surface area (Å²) in [6, 6.07) is 12.1. The minimum atomic E-state index is 0.663. The van der Waals surface area contributed by atoms with Crippen molar-refractivity contribution in [3.05, 3.63) is 53.7 Å². The highest BCUT2D eigenvalue weighted by Gasteiger charge is 2.05. The standard InChI is InChI=1S/C16H18N4O/c1-3-14-7-8-15(21-14)10-17-13-6-4-5-12(9-13)16-18-11(2)19-20-16/h4-9,17H,3,10H2,1-2H3,(H,18,19,20). The highest BCUT2D eigenvalue weighted by atomic mass is 16.3.